The maximum absolute atomic E-state index is 13.1. The van der Waals surface area contributed by atoms with Crippen LogP contribution in [0.5, 0.6) is 5.75 Å². The van der Waals surface area contributed by atoms with Gasteiger partial charge in [-0.3, -0.25) is 4.98 Å². The number of aromatic nitrogens is 3. The Morgan fingerprint density at radius 1 is 1.00 bits per heavy atom. The lowest BCUT2D eigenvalue weighted by atomic mass is 10.1. The highest BCUT2D eigenvalue weighted by molar-refractivity contribution is 7.89. The minimum atomic E-state index is -3.59. The van der Waals surface area contributed by atoms with Crippen LogP contribution in [0.1, 0.15) is 12.8 Å². The zero-order chi connectivity index (χ0) is 19.4. The first kappa shape index (κ1) is 18.5. The molecule has 1 unspecified atom stereocenters. The fourth-order valence-electron chi connectivity index (χ4n) is 3.20. The number of ether oxygens (including phenoxy) is 1. The third kappa shape index (κ3) is 4.02. The van der Waals surface area contributed by atoms with E-state index in [1.54, 1.807) is 61.2 Å². The van der Waals surface area contributed by atoms with Crippen molar-refractivity contribution in [2.75, 3.05) is 13.1 Å². The van der Waals surface area contributed by atoms with Gasteiger partial charge in [0.15, 0.2) is 5.82 Å². The molecule has 1 saturated heterocycles. The molecule has 0 amide bonds. The van der Waals surface area contributed by atoms with Crippen LogP contribution in [0, 0.1) is 0 Å². The van der Waals surface area contributed by atoms with Crippen molar-refractivity contribution < 1.29 is 13.2 Å². The Hall–Kier alpha value is -2.84. The molecule has 2 aromatic heterocycles. The van der Waals surface area contributed by atoms with Crippen molar-refractivity contribution in [3.05, 3.63) is 67.3 Å². The molecule has 144 valence electrons. The molecule has 0 bridgehead atoms. The van der Waals surface area contributed by atoms with E-state index in [2.05, 4.69) is 15.0 Å². The van der Waals surface area contributed by atoms with Crippen molar-refractivity contribution in [1.82, 2.24) is 19.3 Å². The van der Waals surface area contributed by atoms with Gasteiger partial charge in [0.25, 0.3) is 0 Å². The van der Waals surface area contributed by atoms with Gasteiger partial charge in [-0.25, -0.2) is 18.4 Å². The quantitative estimate of drug-likeness (QED) is 0.659. The van der Waals surface area contributed by atoms with Gasteiger partial charge >= 0.3 is 0 Å². The molecule has 0 aliphatic carbocycles. The van der Waals surface area contributed by atoms with E-state index in [1.807, 2.05) is 6.07 Å². The largest absolute Gasteiger partial charge is 0.487 e. The van der Waals surface area contributed by atoms with Crippen LogP contribution in [0.15, 0.2) is 72.1 Å². The second-order valence-electron chi connectivity index (χ2n) is 6.53. The van der Waals surface area contributed by atoms with Gasteiger partial charge in [0.2, 0.25) is 10.0 Å². The summed E-state index contributed by atoms with van der Waals surface area (Å²) in [7, 11) is -3.59. The highest BCUT2D eigenvalue weighted by atomic mass is 32.2. The molecule has 0 spiro atoms. The van der Waals surface area contributed by atoms with Crippen molar-refractivity contribution in [1.29, 1.82) is 0 Å². The minimum Gasteiger partial charge on any atom is -0.487 e. The van der Waals surface area contributed by atoms with Crippen LogP contribution in [0.4, 0.5) is 0 Å². The van der Waals surface area contributed by atoms with Gasteiger partial charge in [-0.2, -0.15) is 4.31 Å². The Labute approximate surface area is 164 Å². The van der Waals surface area contributed by atoms with E-state index in [4.69, 9.17) is 4.74 Å². The van der Waals surface area contributed by atoms with Gasteiger partial charge in [-0.15, -0.1) is 0 Å². The van der Waals surface area contributed by atoms with E-state index in [9.17, 15) is 8.42 Å². The van der Waals surface area contributed by atoms with Gasteiger partial charge in [0, 0.05) is 30.7 Å². The summed E-state index contributed by atoms with van der Waals surface area (Å²) in [5.41, 5.74) is 0.774. The molecule has 0 N–H and O–H groups in total. The molecule has 1 atom stereocenters. The molecule has 7 nitrogen and oxygen atoms in total. The summed E-state index contributed by atoms with van der Waals surface area (Å²) in [6, 6.07) is 12.0. The Morgan fingerprint density at radius 3 is 2.50 bits per heavy atom. The molecule has 1 aliphatic heterocycles. The monoisotopic (exact) mass is 396 g/mol. The molecule has 1 aromatic carbocycles. The number of nitrogens with zero attached hydrogens (tertiary/aromatic N) is 4. The number of pyridine rings is 1. The average molecular weight is 396 g/mol. The van der Waals surface area contributed by atoms with Crippen LogP contribution in [0.25, 0.3) is 11.4 Å². The van der Waals surface area contributed by atoms with Crippen molar-refractivity contribution in [2.45, 2.75) is 23.8 Å². The van der Waals surface area contributed by atoms with Gasteiger partial charge in [-0.1, -0.05) is 0 Å². The first-order valence-corrected chi connectivity index (χ1v) is 10.5. The van der Waals surface area contributed by atoms with E-state index >= 15 is 0 Å². The highest BCUT2D eigenvalue weighted by Gasteiger charge is 2.31. The summed E-state index contributed by atoms with van der Waals surface area (Å²) in [4.78, 5) is 12.7. The standard InChI is InChI=1S/C20H20N4O3S/c25-28(26,19-8-6-16(7-9-19)20-22-11-3-12-23-20)24-13-2-5-18(15-24)27-17-4-1-10-21-14-17/h1,3-4,6-12,14,18H,2,5,13,15H2. The highest BCUT2D eigenvalue weighted by Crippen LogP contribution is 2.25. The molecule has 1 aliphatic rings. The van der Waals surface area contributed by atoms with E-state index < -0.39 is 10.0 Å². The predicted molar refractivity (Wildman–Crippen MR) is 104 cm³/mol. The summed E-state index contributed by atoms with van der Waals surface area (Å²) >= 11 is 0. The molecule has 1 fully saturated rings. The Kier molecular flexibility index (Phi) is 5.31. The third-order valence-corrected chi connectivity index (χ3v) is 6.47. The molecule has 0 radical (unpaired) electrons. The zero-order valence-electron chi connectivity index (χ0n) is 15.2. The lowest BCUT2D eigenvalue weighted by Crippen LogP contribution is -2.44. The molecule has 4 rings (SSSR count). The molecule has 8 heteroatoms. The summed E-state index contributed by atoms with van der Waals surface area (Å²) in [5.74, 6) is 1.22. The molecule has 0 saturated carbocycles. The molecule has 28 heavy (non-hydrogen) atoms. The number of piperidine rings is 1. The summed E-state index contributed by atoms with van der Waals surface area (Å²) in [6.07, 6.45) is 7.99. The Morgan fingerprint density at radius 2 is 1.79 bits per heavy atom. The lowest BCUT2D eigenvalue weighted by molar-refractivity contribution is 0.129. The number of sulfonamides is 1. The van der Waals surface area contributed by atoms with Gasteiger partial charge in [0.05, 0.1) is 17.6 Å². The van der Waals surface area contributed by atoms with E-state index in [0.29, 0.717) is 24.7 Å². The topological polar surface area (TPSA) is 85.3 Å². The van der Waals surface area contributed by atoms with Crippen LogP contribution in [-0.2, 0) is 10.0 Å². The van der Waals surface area contributed by atoms with Crippen LogP contribution in [-0.4, -0.2) is 46.9 Å². The van der Waals surface area contributed by atoms with E-state index in [0.717, 1.165) is 18.4 Å². The molecule has 3 heterocycles. The second-order valence-corrected chi connectivity index (χ2v) is 8.47. The first-order valence-electron chi connectivity index (χ1n) is 9.07. The van der Waals surface area contributed by atoms with Gasteiger partial charge in [-0.05, 0) is 55.3 Å². The van der Waals surface area contributed by atoms with Crippen LogP contribution >= 0.6 is 0 Å². The third-order valence-electron chi connectivity index (χ3n) is 4.59. The van der Waals surface area contributed by atoms with Crippen LogP contribution < -0.4 is 4.74 Å². The molecular formula is C20H20N4O3S. The number of hydrogen-bond acceptors (Lipinski definition) is 6. The van der Waals surface area contributed by atoms with Gasteiger partial charge in [0.1, 0.15) is 11.9 Å². The Balaban J connectivity index is 1.49. The van der Waals surface area contributed by atoms with Crippen molar-refractivity contribution in [2.24, 2.45) is 0 Å². The normalized spacial score (nSPS) is 17.9. The number of benzene rings is 1. The van der Waals surface area contributed by atoms with E-state index in [1.165, 1.54) is 4.31 Å². The van der Waals surface area contributed by atoms with Crippen LogP contribution in [0.3, 0.4) is 0 Å². The first-order chi connectivity index (χ1) is 13.6. The average Bonchev–Trinajstić information content (AvgIpc) is 2.75. The lowest BCUT2D eigenvalue weighted by Gasteiger charge is -2.32. The summed E-state index contributed by atoms with van der Waals surface area (Å²) in [5, 5.41) is 0. The fraction of sp³-hybridized carbons (Fsp3) is 0.250. The van der Waals surface area contributed by atoms with Crippen molar-refractivity contribution >= 4 is 10.0 Å². The molecule has 3 aromatic rings. The fourth-order valence-corrected chi connectivity index (χ4v) is 4.71. The van der Waals surface area contributed by atoms with Crippen molar-refractivity contribution in [3.63, 3.8) is 0 Å². The zero-order valence-corrected chi connectivity index (χ0v) is 16.0. The van der Waals surface area contributed by atoms with E-state index in [-0.39, 0.29) is 11.0 Å². The van der Waals surface area contributed by atoms with Gasteiger partial charge < -0.3 is 4.74 Å². The molecular weight excluding hydrogens is 376 g/mol. The smallest absolute Gasteiger partial charge is 0.243 e. The summed E-state index contributed by atoms with van der Waals surface area (Å²) in [6.45, 7) is 0.805. The van der Waals surface area contributed by atoms with Crippen molar-refractivity contribution in [3.8, 4) is 17.1 Å². The Bertz CT molecular complexity index is 1010. The predicted octanol–water partition coefficient (Wildman–Crippen LogP) is 2.77. The minimum absolute atomic E-state index is 0.190. The summed E-state index contributed by atoms with van der Waals surface area (Å²) < 4.78 is 33.5. The maximum Gasteiger partial charge on any atom is 0.243 e. The maximum atomic E-state index is 13.1. The number of rotatable bonds is 5. The SMILES string of the molecule is O=S(=O)(c1ccc(-c2ncccn2)cc1)N1CCCC(Oc2cccnc2)C1. The second kappa shape index (κ2) is 8.04. The van der Waals surface area contributed by atoms with Crippen LogP contribution in [0.2, 0.25) is 0 Å². The number of hydrogen-bond donors (Lipinski definition) is 0.